The second-order valence-corrected chi connectivity index (χ2v) is 6.23. The van der Waals surface area contributed by atoms with Crippen LogP contribution in [0.2, 0.25) is 0 Å². The van der Waals surface area contributed by atoms with Gasteiger partial charge in [0.2, 0.25) is 0 Å². The van der Waals surface area contributed by atoms with Crippen LogP contribution >= 0.6 is 0 Å². The molecule has 3 heteroatoms. The van der Waals surface area contributed by atoms with Crippen LogP contribution < -0.4 is 5.32 Å². The number of rotatable bonds is 4. The van der Waals surface area contributed by atoms with Gasteiger partial charge in [-0.15, -0.1) is 0 Å². The van der Waals surface area contributed by atoms with E-state index in [1.807, 2.05) is 18.2 Å². The summed E-state index contributed by atoms with van der Waals surface area (Å²) < 4.78 is 25.3. The molecule has 0 saturated carbocycles. The van der Waals surface area contributed by atoms with Gasteiger partial charge in [0.1, 0.15) is 0 Å². The van der Waals surface area contributed by atoms with Gasteiger partial charge in [0.15, 0.2) is 0 Å². The summed E-state index contributed by atoms with van der Waals surface area (Å²) in [6.45, 7) is 7.05. The minimum absolute atomic E-state index is 0.0670. The van der Waals surface area contributed by atoms with Crippen LogP contribution in [0.4, 0.5) is 14.5 Å². The van der Waals surface area contributed by atoms with Crippen molar-refractivity contribution in [2.75, 3.05) is 5.32 Å². The highest BCUT2D eigenvalue weighted by molar-refractivity contribution is 5.46. The highest BCUT2D eigenvalue weighted by Gasteiger charge is 2.12. The molecule has 21 heavy (non-hydrogen) atoms. The van der Waals surface area contributed by atoms with Crippen molar-refractivity contribution in [2.45, 2.75) is 39.2 Å². The minimum Gasteiger partial charge on any atom is -0.381 e. The second-order valence-electron chi connectivity index (χ2n) is 6.23. The highest BCUT2D eigenvalue weighted by atomic mass is 19.3. The summed E-state index contributed by atoms with van der Waals surface area (Å²) in [5.74, 6) is 0. The maximum absolute atomic E-state index is 12.6. The Hall–Kier alpha value is -1.90. The average Bonchev–Trinajstić information content (AvgIpc) is 2.45. The Morgan fingerprint density at radius 1 is 1.00 bits per heavy atom. The first-order valence-corrected chi connectivity index (χ1v) is 7.07. The van der Waals surface area contributed by atoms with E-state index in [0.29, 0.717) is 6.54 Å². The molecule has 0 aliphatic heterocycles. The fourth-order valence-electron chi connectivity index (χ4n) is 2.13. The van der Waals surface area contributed by atoms with Gasteiger partial charge in [0.05, 0.1) is 0 Å². The molecular weight excluding hydrogens is 268 g/mol. The van der Waals surface area contributed by atoms with Crippen LogP contribution in [0.15, 0.2) is 48.5 Å². The van der Waals surface area contributed by atoms with E-state index in [-0.39, 0.29) is 11.0 Å². The number of alkyl halides is 2. The largest absolute Gasteiger partial charge is 0.381 e. The van der Waals surface area contributed by atoms with Gasteiger partial charge >= 0.3 is 0 Å². The Labute approximate surface area is 125 Å². The van der Waals surface area contributed by atoms with Crippen LogP contribution in [0.1, 0.15) is 43.9 Å². The Kier molecular flexibility index (Phi) is 4.61. The molecule has 0 saturated heterocycles. The highest BCUT2D eigenvalue weighted by Crippen LogP contribution is 2.24. The summed E-state index contributed by atoms with van der Waals surface area (Å²) in [5, 5.41) is 3.26. The molecular formula is C18H21F2N. The molecule has 0 atom stereocenters. The molecule has 2 aromatic carbocycles. The smallest absolute Gasteiger partial charge is 0.263 e. The van der Waals surface area contributed by atoms with Gasteiger partial charge in [-0.05, 0) is 34.7 Å². The van der Waals surface area contributed by atoms with E-state index in [1.54, 1.807) is 12.1 Å². The van der Waals surface area contributed by atoms with E-state index >= 15 is 0 Å². The van der Waals surface area contributed by atoms with E-state index in [4.69, 9.17) is 0 Å². The quantitative estimate of drug-likeness (QED) is 0.780. The van der Waals surface area contributed by atoms with Crippen LogP contribution in [-0.2, 0) is 12.0 Å². The Bertz CT molecular complexity index is 583. The van der Waals surface area contributed by atoms with E-state index < -0.39 is 6.43 Å². The maximum Gasteiger partial charge on any atom is 0.263 e. The van der Waals surface area contributed by atoms with Crippen LogP contribution in [-0.4, -0.2) is 0 Å². The number of hydrogen-bond donors (Lipinski definition) is 1. The number of nitrogens with one attached hydrogen (secondary N) is 1. The molecule has 0 aromatic heterocycles. The van der Waals surface area contributed by atoms with Crippen molar-refractivity contribution >= 4 is 5.69 Å². The second kappa shape index (κ2) is 6.25. The normalized spacial score (nSPS) is 11.7. The topological polar surface area (TPSA) is 12.0 Å². The fraction of sp³-hybridized carbons (Fsp3) is 0.333. The van der Waals surface area contributed by atoms with E-state index in [0.717, 1.165) is 11.3 Å². The van der Waals surface area contributed by atoms with Gasteiger partial charge in [0.25, 0.3) is 6.43 Å². The summed E-state index contributed by atoms with van der Waals surface area (Å²) in [4.78, 5) is 0. The van der Waals surface area contributed by atoms with Crippen molar-refractivity contribution in [2.24, 2.45) is 0 Å². The Morgan fingerprint density at radius 3 is 2.24 bits per heavy atom. The number of hydrogen-bond acceptors (Lipinski definition) is 1. The van der Waals surface area contributed by atoms with Crippen molar-refractivity contribution in [1.29, 1.82) is 0 Å². The summed E-state index contributed by atoms with van der Waals surface area (Å²) in [6.07, 6.45) is -2.42. The number of anilines is 1. The van der Waals surface area contributed by atoms with Gasteiger partial charge in [-0.3, -0.25) is 0 Å². The predicted octanol–water partition coefficient (Wildman–Crippen LogP) is 5.53. The van der Waals surface area contributed by atoms with E-state index in [2.05, 4.69) is 38.2 Å². The van der Waals surface area contributed by atoms with Crippen LogP contribution in [0, 0.1) is 0 Å². The summed E-state index contributed by atoms with van der Waals surface area (Å²) >= 11 is 0. The maximum atomic E-state index is 12.6. The molecule has 0 heterocycles. The third kappa shape index (κ3) is 4.28. The third-order valence-electron chi connectivity index (χ3n) is 3.45. The molecule has 0 aliphatic rings. The van der Waals surface area contributed by atoms with Gasteiger partial charge in [-0.25, -0.2) is 8.78 Å². The lowest BCUT2D eigenvalue weighted by Gasteiger charge is -2.19. The van der Waals surface area contributed by atoms with Crippen molar-refractivity contribution in [1.82, 2.24) is 0 Å². The van der Waals surface area contributed by atoms with E-state index in [9.17, 15) is 8.78 Å². The molecule has 0 spiro atoms. The predicted molar refractivity (Wildman–Crippen MR) is 83.9 cm³/mol. The average molecular weight is 289 g/mol. The zero-order chi connectivity index (χ0) is 15.5. The lowest BCUT2D eigenvalue weighted by Crippen LogP contribution is -2.10. The molecule has 0 amide bonds. The first kappa shape index (κ1) is 15.5. The van der Waals surface area contributed by atoms with Crippen molar-refractivity contribution in [3.63, 3.8) is 0 Å². The first-order valence-electron chi connectivity index (χ1n) is 7.07. The third-order valence-corrected chi connectivity index (χ3v) is 3.45. The SMILES string of the molecule is CC(C)(C)c1ccc(NCc2cccc(C(F)F)c2)cc1. The Morgan fingerprint density at radius 2 is 1.67 bits per heavy atom. The van der Waals surface area contributed by atoms with Crippen molar-refractivity contribution in [3.05, 3.63) is 65.2 Å². The molecule has 1 nitrogen and oxygen atoms in total. The minimum atomic E-state index is -2.42. The van der Waals surface area contributed by atoms with Crippen molar-refractivity contribution < 1.29 is 8.78 Å². The number of halogens is 2. The Balaban J connectivity index is 2.01. The van der Waals surface area contributed by atoms with Gasteiger partial charge in [0, 0.05) is 17.8 Å². The lowest BCUT2D eigenvalue weighted by molar-refractivity contribution is 0.151. The monoisotopic (exact) mass is 289 g/mol. The van der Waals surface area contributed by atoms with Crippen LogP contribution in [0.25, 0.3) is 0 Å². The fourth-order valence-corrected chi connectivity index (χ4v) is 2.13. The van der Waals surface area contributed by atoms with Crippen LogP contribution in [0.3, 0.4) is 0 Å². The van der Waals surface area contributed by atoms with Gasteiger partial charge < -0.3 is 5.32 Å². The van der Waals surface area contributed by atoms with Crippen molar-refractivity contribution in [3.8, 4) is 0 Å². The van der Waals surface area contributed by atoms with Gasteiger partial charge in [-0.2, -0.15) is 0 Å². The molecule has 0 radical (unpaired) electrons. The zero-order valence-electron chi connectivity index (χ0n) is 12.7. The summed E-state index contributed by atoms with van der Waals surface area (Å²) in [7, 11) is 0. The molecule has 0 aliphatic carbocycles. The molecule has 112 valence electrons. The summed E-state index contributed by atoms with van der Waals surface area (Å²) in [5.41, 5.74) is 3.31. The first-order chi connectivity index (χ1) is 9.86. The molecule has 2 rings (SSSR count). The lowest BCUT2D eigenvalue weighted by atomic mass is 9.87. The number of benzene rings is 2. The molecule has 0 unspecified atom stereocenters. The summed E-state index contributed by atoms with van der Waals surface area (Å²) in [6, 6.07) is 14.8. The molecule has 2 aromatic rings. The molecule has 0 fully saturated rings. The zero-order valence-corrected chi connectivity index (χ0v) is 12.7. The molecule has 1 N–H and O–H groups in total. The van der Waals surface area contributed by atoms with Gasteiger partial charge in [-0.1, -0.05) is 51.1 Å². The molecule has 0 bridgehead atoms. The van der Waals surface area contributed by atoms with Crippen LogP contribution in [0.5, 0.6) is 0 Å². The standard InChI is InChI=1S/C18H21F2N/c1-18(2,3)15-7-9-16(10-8-15)21-12-13-5-4-6-14(11-13)17(19)20/h4-11,17,21H,12H2,1-3H3. The van der Waals surface area contributed by atoms with E-state index in [1.165, 1.54) is 11.6 Å².